The van der Waals surface area contributed by atoms with Crippen molar-refractivity contribution in [3.8, 4) is 5.75 Å². The van der Waals surface area contributed by atoms with Gasteiger partial charge in [0.2, 0.25) is 0 Å². The van der Waals surface area contributed by atoms with Crippen molar-refractivity contribution in [2.24, 2.45) is 11.8 Å². The Kier molecular flexibility index (Phi) is 4.03. The second-order valence-electron chi connectivity index (χ2n) is 7.76. The van der Waals surface area contributed by atoms with Gasteiger partial charge in [-0.1, -0.05) is 25.1 Å². The van der Waals surface area contributed by atoms with Crippen LogP contribution in [0.25, 0.3) is 0 Å². The van der Waals surface area contributed by atoms with Crippen LogP contribution in [0.4, 0.5) is 0 Å². The summed E-state index contributed by atoms with van der Waals surface area (Å²) in [6, 6.07) is 7.90. The van der Waals surface area contributed by atoms with E-state index in [9.17, 15) is 4.79 Å². The topological polar surface area (TPSA) is 47.6 Å². The van der Waals surface area contributed by atoms with E-state index in [1.165, 1.54) is 6.42 Å². The van der Waals surface area contributed by atoms with Crippen molar-refractivity contribution < 1.29 is 14.3 Å². The normalized spacial score (nSPS) is 34.8. The summed E-state index contributed by atoms with van der Waals surface area (Å²) >= 11 is 0. The molecule has 2 heterocycles. The van der Waals surface area contributed by atoms with Crippen LogP contribution in [-0.4, -0.2) is 24.7 Å². The summed E-state index contributed by atoms with van der Waals surface area (Å²) in [7, 11) is 1.68. The third-order valence-electron chi connectivity index (χ3n) is 6.13. The number of rotatable bonds is 5. The van der Waals surface area contributed by atoms with Gasteiger partial charge >= 0.3 is 0 Å². The highest BCUT2D eigenvalue weighted by Gasteiger charge is 2.56. The molecule has 3 atom stereocenters. The molecule has 4 nitrogen and oxygen atoms in total. The lowest BCUT2D eigenvalue weighted by atomic mass is 9.62. The summed E-state index contributed by atoms with van der Waals surface area (Å²) in [4.78, 5) is 13.2. The molecule has 1 aromatic rings. The van der Waals surface area contributed by atoms with Gasteiger partial charge < -0.3 is 14.8 Å². The second-order valence-corrected chi connectivity index (χ2v) is 7.76. The lowest BCUT2D eigenvalue weighted by Gasteiger charge is -2.55. The molecule has 4 fully saturated rings. The predicted octanol–water partition coefficient (Wildman–Crippen LogP) is 3.61. The van der Waals surface area contributed by atoms with Crippen molar-refractivity contribution in [2.75, 3.05) is 7.11 Å². The van der Waals surface area contributed by atoms with Crippen LogP contribution in [-0.2, 0) is 9.53 Å². The van der Waals surface area contributed by atoms with Crippen LogP contribution in [0.5, 0.6) is 5.75 Å². The first-order valence-corrected chi connectivity index (χ1v) is 9.25. The average Bonchev–Trinajstić information content (AvgIpc) is 2.58. The maximum Gasteiger partial charge on any atom is 0.252 e. The predicted molar refractivity (Wildman–Crippen MR) is 91.8 cm³/mol. The Labute approximate surface area is 143 Å². The van der Waals surface area contributed by atoms with E-state index in [0.717, 1.165) is 43.4 Å². The molecule has 4 aliphatic rings. The van der Waals surface area contributed by atoms with Crippen molar-refractivity contribution in [1.82, 2.24) is 5.32 Å². The van der Waals surface area contributed by atoms with Gasteiger partial charge in [-0.2, -0.15) is 0 Å². The molecule has 3 unspecified atom stereocenters. The number of nitrogens with one attached hydrogen (secondary N) is 1. The van der Waals surface area contributed by atoms with Gasteiger partial charge in [-0.3, -0.25) is 4.79 Å². The number of ether oxygens (including phenoxy) is 2. The summed E-state index contributed by atoms with van der Waals surface area (Å²) in [6.45, 7) is 2.10. The quantitative estimate of drug-likeness (QED) is 0.898. The van der Waals surface area contributed by atoms with E-state index in [2.05, 4.69) is 12.2 Å². The molecule has 4 heteroatoms. The van der Waals surface area contributed by atoms with Gasteiger partial charge in [0.15, 0.2) is 0 Å². The summed E-state index contributed by atoms with van der Waals surface area (Å²) < 4.78 is 11.7. The Morgan fingerprint density at radius 2 is 2.00 bits per heavy atom. The lowest BCUT2D eigenvalue weighted by Crippen LogP contribution is -2.61. The maximum absolute atomic E-state index is 13.2. The van der Waals surface area contributed by atoms with Gasteiger partial charge in [0.05, 0.1) is 19.3 Å². The van der Waals surface area contributed by atoms with Gasteiger partial charge in [0.25, 0.3) is 5.91 Å². The number of amides is 1. The molecule has 2 aliphatic heterocycles. The number of carbonyl (C=O) groups excluding carboxylic acids is 1. The van der Waals surface area contributed by atoms with E-state index >= 15 is 0 Å². The molecule has 0 radical (unpaired) electrons. The first kappa shape index (κ1) is 15.9. The van der Waals surface area contributed by atoms with Gasteiger partial charge in [-0.25, -0.2) is 0 Å². The van der Waals surface area contributed by atoms with Crippen LogP contribution >= 0.6 is 0 Å². The molecule has 4 bridgehead atoms. The molecule has 1 amide bonds. The van der Waals surface area contributed by atoms with E-state index in [-0.39, 0.29) is 11.9 Å². The van der Waals surface area contributed by atoms with E-state index in [0.29, 0.717) is 17.9 Å². The molecule has 0 aromatic heterocycles. The van der Waals surface area contributed by atoms with E-state index in [4.69, 9.17) is 9.47 Å². The molecule has 5 rings (SSSR count). The van der Waals surface area contributed by atoms with Crippen LogP contribution < -0.4 is 10.1 Å². The SMILES string of the molecule is CCC(NC(=O)C12CC3CC(CC(C3)O1)C2)c1ccccc1OC. The molecule has 130 valence electrons. The van der Waals surface area contributed by atoms with E-state index in [1.54, 1.807) is 7.11 Å². The Hall–Kier alpha value is -1.55. The van der Waals surface area contributed by atoms with E-state index in [1.807, 2.05) is 24.3 Å². The van der Waals surface area contributed by atoms with E-state index < -0.39 is 5.60 Å². The molecule has 1 N–H and O–H groups in total. The van der Waals surface area contributed by atoms with Gasteiger partial charge in [0.1, 0.15) is 11.4 Å². The fourth-order valence-corrected chi connectivity index (χ4v) is 5.25. The standard InChI is InChI=1S/C20H27NO3/c1-3-17(16-6-4-5-7-18(16)23-2)21-19(22)20-11-13-8-14(12-20)10-15(9-13)24-20/h4-7,13-15,17H,3,8-12H2,1-2H3,(H,21,22). The summed E-state index contributed by atoms with van der Waals surface area (Å²) in [6.07, 6.45) is 6.51. The first-order chi connectivity index (χ1) is 11.6. The fraction of sp³-hybridized carbons (Fsp3) is 0.650. The zero-order valence-corrected chi connectivity index (χ0v) is 14.6. The Morgan fingerprint density at radius 3 is 2.62 bits per heavy atom. The van der Waals surface area contributed by atoms with Crippen molar-refractivity contribution in [1.29, 1.82) is 0 Å². The zero-order chi connectivity index (χ0) is 16.7. The zero-order valence-electron chi connectivity index (χ0n) is 14.6. The Bertz CT molecular complexity index is 592. The average molecular weight is 329 g/mol. The lowest BCUT2D eigenvalue weighted by molar-refractivity contribution is -0.219. The maximum atomic E-state index is 13.2. The Morgan fingerprint density at radius 1 is 1.29 bits per heavy atom. The van der Waals surface area contributed by atoms with Crippen LogP contribution in [0, 0.1) is 11.8 Å². The molecule has 2 saturated heterocycles. The molecule has 1 aromatic carbocycles. The monoisotopic (exact) mass is 329 g/mol. The van der Waals surface area contributed by atoms with Crippen molar-refractivity contribution in [3.05, 3.63) is 29.8 Å². The number of carbonyl (C=O) groups is 1. The minimum atomic E-state index is -0.579. The van der Waals surface area contributed by atoms with Gasteiger partial charge in [-0.15, -0.1) is 0 Å². The second kappa shape index (κ2) is 6.07. The smallest absolute Gasteiger partial charge is 0.252 e. The van der Waals surface area contributed by atoms with Gasteiger partial charge in [0, 0.05) is 5.56 Å². The summed E-state index contributed by atoms with van der Waals surface area (Å²) in [5, 5.41) is 3.27. The molecule has 2 aliphatic carbocycles. The number of methoxy groups -OCH3 is 1. The largest absolute Gasteiger partial charge is 0.496 e. The highest BCUT2D eigenvalue weighted by molar-refractivity contribution is 5.86. The Balaban J connectivity index is 1.54. The van der Waals surface area contributed by atoms with Crippen LogP contribution in [0.15, 0.2) is 24.3 Å². The van der Waals surface area contributed by atoms with Crippen LogP contribution in [0.2, 0.25) is 0 Å². The minimum Gasteiger partial charge on any atom is -0.496 e. The third-order valence-corrected chi connectivity index (χ3v) is 6.13. The molecular formula is C20H27NO3. The molecular weight excluding hydrogens is 302 g/mol. The summed E-state index contributed by atoms with van der Waals surface area (Å²) in [5.41, 5.74) is 0.463. The molecule has 2 saturated carbocycles. The number of para-hydroxylation sites is 1. The number of hydrogen-bond donors (Lipinski definition) is 1. The van der Waals surface area contributed by atoms with Crippen molar-refractivity contribution in [2.45, 2.75) is 63.2 Å². The highest BCUT2D eigenvalue weighted by Crippen LogP contribution is 2.53. The highest BCUT2D eigenvalue weighted by atomic mass is 16.5. The number of hydrogen-bond acceptors (Lipinski definition) is 3. The van der Waals surface area contributed by atoms with Crippen molar-refractivity contribution in [3.63, 3.8) is 0 Å². The van der Waals surface area contributed by atoms with Crippen LogP contribution in [0.3, 0.4) is 0 Å². The van der Waals surface area contributed by atoms with Crippen molar-refractivity contribution >= 4 is 5.91 Å². The minimum absolute atomic E-state index is 0.0368. The van der Waals surface area contributed by atoms with Crippen LogP contribution in [0.1, 0.15) is 57.1 Å². The number of benzene rings is 1. The molecule has 0 spiro atoms. The third kappa shape index (κ3) is 2.61. The fourth-order valence-electron chi connectivity index (χ4n) is 5.25. The molecule has 24 heavy (non-hydrogen) atoms. The van der Waals surface area contributed by atoms with Gasteiger partial charge in [-0.05, 0) is 56.4 Å². The summed E-state index contributed by atoms with van der Waals surface area (Å²) in [5.74, 6) is 2.26. The first-order valence-electron chi connectivity index (χ1n) is 9.25.